The Bertz CT molecular complexity index is 403. The van der Waals surface area contributed by atoms with Gasteiger partial charge in [-0.1, -0.05) is 24.6 Å². The van der Waals surface area contributed by atoms with Crippen molar-refractivity contribution in [3.63, 3.8) is 0 Å². The topological polar surface area (TPSA) is 21.3 Å². The summed E-state index contributed by atoms with van der Waals surface area (Å²) in [5, 5.41) is 3.26. The zero-order valence-corrected chi connectivity index (χ0v) is 13.1. The number of rotatable bonds is 6. The molecule has 0 saturated carbocycles. The molecule has 0 saturated heterocycles. The van der Waals surface area contributed by atoms with Gasteiger partial charge in [0, 0.05) is 29.8 Å². The molecule has 0 spiro atoms. The van der Waals surface area contributed by atoms with Crippen LogP contribution in [0.15, 0.2) is 16.6 Å². The van der Waals surface area contributed by atoms with Gasteiger partial charge in [-0.05, 0) is 41.4 Å². The van der Waals surface area contributed by atoms with Crippen LogP contribution in [0.4, 0.5) is 4.39 Å². The average molecular weight is 339 g/mol. The summed E-state index contributed by atoms with van der Waals surface area (Å²) in [5.74, 6) is -0.0238. The van der Waals surface area contributed by atoms with Gasteiger partial charge in [-0.15, -0.1) is 0 Å². The van der Waals surface area contributed by atoms with E-state index in [4.69, 9.17) is 16.3 Å². The fourth-order valence-electron chi connectivity index (χ4n) is 1.97. The Labute approximate surface area is 121 Å². The van der Waals surface area contributed by atoms with Crippen LogP contribution in [-0.2, 0) is 4.74 Å². The van der Waals surface area contributed by atoms with Gasteiger partial charge in [0.15, 0.2) is 0 Å². The number of hydrogen-bond donors (Lipinski definition) is 1. The van der Waals surface area contributed by atoms with Crippen molar-refractivity contribution in [1.29, 1.82) is 0 Å². The highest BCUT2D eigenvalue weighted by atomic mass is 79.9. The molecular weight excluding hydrogens is 321 g/mol. The van der Waals surface area contributed by atoms with E-state index in [1.54, 1.807) is 19.2 Å². The Kier molecular flexibility index (Phi) is 6.57. The quantitative estimate of drug-likeness (QED) is 0.786. The largest absolute Gasteiger partial charge is 0.384 e. The van der Waals surface area contributed by atoms with Gasteiger partial charge >= 0.3 is 0 Å². The zero-order chi connectivity index (χ0) is 13.7. The maximum absolute atomic E-state index is 14.1. The van der Waals surface area contributed by atoms with Crippen LogP contribution in [0, 0.1) is 11.7 Å². The fraction of sp³-hybridized carbons (Fsp3) is 0.538. The zero-order valence-electron chi connectivity index (χ0n) is 10.8. The first-order valence-corrected chi connectivity index (χ1v) is 6.97. The minimum Gasteiger partial charge on any atom is -0.384 e. The first-order chi connectivity index (χ1) is 8.51. The lowest BCUT2D eigenvalue weighted by atomic mass is 9.96. The van der Waals surface area contributed by atoms with Gasteiger partial charge in [0.2, 0.25) is 0 Å². The van der Waals surface area contributed by atoms with Crippen molar-refractivity contribution in [3.8, 4) is 0 Å². The number of ether oxygens (including phenoxy) is 1. The monoisotopic (exact) mass is 337 g/mol. The van der Waals surface area contributed by atoms with Crippen LogP contribution in [0.1, 0.15) is 24.9 Å². The molecule has 1 rings (SSSR count). The van der Waals surface area contributed by atoms with Crippen LogP contribution in [0.5, 0.6) is 0 Å². The van der Waals surface area contributed by atoms with Gasteiger partial charge < -0.3 is 10.1 Å². The molecule has 1 N–H and O–H groups in total. The number of nitrogens with one attached hydrogen (secondary N) is 1. The van der Waals surface area contributed by atoms with Crippen molar-refractivity contribution < 1.29 is 9.13 Å². The van der Waals surface area contributed by atoms with E-state index >= 15 is 0 Å². The average Bonchev–Trinajstić information content (AvgIpc) is 2.34. The van der Waals surface area contributed by atoms with E-state index in [-0.39, 0.29) is 16.9 Å². The Morgan fingerprint density at radius 3 is 2.72 bits per heavy atom. The maximum atomic E-state index is 14.1. The molecule has 2 nitrogen and oxygen atoms in total. The van der Waals surface area contributed by atoms with Gasteiger partial charge in [-0.25, -0.2) is 4.39 Å². The second kappa shape index (κ2) is 7.43. The summed E-state index contributed by atoms with van der Waals surface area (Å²) in [6, 6.07) is 3.46. The molecule has 102 valence electrons. The summed E-state index contributed by atoms with van der Waals surface area (Å²) in [6.45, 7) is 2.73. The molecule has 2 atom stereocenters. The van der Waals surface area contributed by atoms with Crippen LogP contribution >= 0.6 is 27.5 Å². The highest BCUT2D eigenvalue weighted by Gasteiger charge is 2.19. The molecule has 0 bridgehead atoms. The summed E-state index contributed by atoms with van der Waals surface area (Å²) < 4.78 is 19.8. The van der Waals surface area contributed by atoms with Gasteiger partial charge in [-0.3, -0.25) is 0 Å². The predicted octanol–water partition coefficient (Wildman–Crippen LogP) is 4.17. The van der Waals surface area contributed by atoms with E-state index < -0.39 is 0 Å². The third kappa shape index (κ3) is 3.92. The van der Waals surface area contributed by atoms with E-state index in [0.717, 1.165) is 6.42 Å². The minimum atomic E-state index is -0.366. The fourth-order valence-corrected chi connectivity index (χ4v) is 2.44. The Hall–Kier alpha value is -0.160. The summed E-state index contributed by atoms with van der Waals surface area (Å²) in [5.41, 5.74) is 0.591. The van der Waals surface area contributed by atoms with Gasteiger partial charge in [0.1, 0.15) is 5.82 Å². The van der Waals surface area contributed by atoms with Crippen molar-refractivity contribution in [1.82, 2.24) is 5.32 Å². The van der Waals surface area contributed by atoms with E-state index in [9.17, 15) is 4.39 Å². The number of methoxy groups -OCH3 is 1. The Morgan fingerprint density at radius 2 is 2.17 bits per heavy atom. The molecule has 0 fully saturated rings. The van der Waals surface area contributed by atoms with Crippen LogP contribution in [0.2, 0.25) is 5.02 Å². The van der Waals surface area contributed by atoms with Crippen LogP contribution < -0.4 is 5.32 Å². The summed E-state index contributed by atoms with van der Waals surface area (Å²) in [7, 11) is 3.49. The van der Waals surface area contributed by atoms with Crippen molar-refractivity contribution in [2.75, 3.05) is 20.8 Å². The number of benzene rings is 1. The SMILES string of the molecule is CNC(CC(C)COC)c1ccc(Br)c(Cl)c1F. The van der Waals surface area contributed by atoms with E-state index in [2.05, 4.69) is 28.2 Å². The smallest absolute Gasteiger partial charge is 0.147 e. The van der Waals surface area contributed by atoms with Crippen LogP contribution in [0.3, 0.4) is 0 Å². The minimum absolute atomic E-state index is 0.0688. The molecule has 0 aliphatic carbocycles. The maximum Gasteiger partial charge on any atom is 0.147 e. The molecule has 0 aliphatic heterocycles. The molecule has 1 aromatic rings. The molecule has 1 aromatic carbocycles. The van der Waals surface area contributed by atoms with Crippen molar-refractivity contribution in [3.05, 3.63) is 33.0 Å². The first kappa shape index (κ1) is 15.9. The third-order valence-electron chi connectivity index (χ3n) is 2.88. The van der Waals surface area contributed by atoms with Gasteiger partial charge in [-0.2, -0.15) is 0 Å². The first-order valence-electron chi connectivity index (χ1n) is 5.80. The molecule has 2 unspecified atom stereocenters. The molecule has 0 amide bonds. The highest BCUT2D eigenvalue weighted by molar-refractivity contribution is 9.10. The molecule has 5 heteroatoms. The van der Waals surface area contributed by atoms with Crippen molar-refractivity contribution in [2.24, 2.45) is 5.92 Å². The van der Waals surface area contributed by atoms with E-state index in [1.807, 2.05) is 7.05 Å². The number of hydrogen-bond acceptors (Lipinski definition) is 2. The predicted molar refractivity (Wildman–Crippen MR) is 76.6 cm³/mol. The molecule has 18 heavy (non-hydrogen) atoms. The molecule has 0 heterocycles. The summed E-state index contributed by atoms with van der Waals surface area (Å²) >= 11 is 9.12. The standard InChI is InChI=1S/C13H18BrClFNO/c1-8(7-18-3)6-11(17-2)9-4-5-10(14)12(15)13(9)16/h4-5,8,11,17H,6-7H2,1-3H3. The Balaban J connectivity index is 2.92. The number of halogens is 3. The van der Waals surface area contributed by atoms with Crippen molar-refractivity contribution >= 4 is 27.5 Å². The molecule has 0 radical (unpaired) electrons. The third-order valence-corrected chi connectivity index (χ3v) is 4.14. The summed E-state index contributed by atoms with van der Waals surface area (Å²) in [6.07, 6.45) is 0.791. The van der Waals surface area contributed by atoms with Gasteiger partial charge in [0.25, 0.3) is 0 Å². The molecule has 0 aromatic heterocycles. The second-order valence-electron chi connectivity index (χ2n) is 4.40. The van der Waals surface area contributed by atoms with Gasteiger partial charge in [0.05, 0.1) is 5.02 Å². The van der Waals surface area contributed by atoms with Crippen LogP contribution in [-0.4, -0.2) is 20.8 Å². The lowest BCUT2D eigenvalue weighted by Gasteiger charge is -2.21. The van der Waals surface area contributed by atoms with Crippen molar-refractivity contribution in [2.45, 2.75) is 19.4 Å². The van der Waals surface area contributed by atoms with Crippen LogP contribution in [0.25, 0.3) is 0 Å². The highest BCUT2D eigenvalue weighted by Crippen LogP contribution is 2.32. The lowest BCUT2D eigenvalue weighted by Crippen LogP contribution is -2.22. The van der Waals surface area contributed by atoms with E-state index in [1.165, 1.54) is 0 Å². The summed E-state index contributed by atoms with van der Waals surface area (Å²) in [4.78, 5) is 0. The van der Waals surface area contributed by atoms with E-state index in [0.29, 0.717) is 22.6 Å². The normalized spacial score (nSPS) is 14.6. The Morgan fingerprint density at radius 1 is 1.50 bits per heavy atom. The molecular formula is C13H18BrClFNO. The molecule has 0 aliphatic rings. The lowest BCUT2D eigenvalue weighted by molar-refractivity contribution is 0.149. The second-order valence-corrected chi connectivity index (χ2v) is 5.63.